The van der Waals surface area contributed by atoms with Crippen LogP contribution >= 0.6 is 0 Å². The van der Waals surface area contributed by atoms with Gasteiger partial charge < -0.3 is 0 Å². The van der Waals surface area contributed by atoms with Gasteiger partial charge in [-0.1, -0.05) is 13.8 Å². The van der Waals surface area contributed by atoms with E-state index in [1.807, 2.05) is 20.9 Å². The Balaban J connectivity index is 0.000000461. The predicted octanol–water partition coefficient (Wildman–Crippen LogP) is 0.715. The van der Waals surface area contributed by atoms with Gasteiger partial charge in [0.1, 0.15) is 5.82 Å². The molecule has 0 aliphatic carbocycles. The second kappa shape index (κ2) is 4.91. The maximum Gasteiger partial charge on any atom is 0.253 e. The molecule has 2 rings (SSSR count). The largest absolute Gasteiger partial charge is 0.297 e. The van der Waals surface area contributed by atoms with E-state index in [2.05, 4.69) is 9.88 Å². The Labute approximate surface area is 84.2 Å². The first kappa shape index (κ1) is 10.9. The summed E-state index contributed by atoms with van der Waals surface area (Å²) in [4.78, 5) is 17.6. The van der Waals surface area contributed by atoms with Crippen LogP contribution in [0, 0.1) is 0 Å². The molecule has 0 unspecified atom stereocenters. The fourth-order valence-electron chi connectivity index (χ4n) is 1.43. The highest BCUT2D eigenvalue weighted by Gasteiger charge is 2.13. The molecule has 4 nitrogen and oxygen atoms in total. The lowest BCUT2D eigenvalue weighted by atomic mass is 10.3. The van der Waals surface area contributed by atoms with E-state index in [4.69, 9.17) is 0 Å². The molecule has 0 fully saturated rings. The molecule has 1 aromatic heterocycles. The van der Waals surface area contributed by atoms with Crippen LogP contribution in [-0.2, 0) is 13.1 Å². The lowest BCUT2D eigenvalue weighted by molar-refractivity contribution is 0.257. The Hall–Kier alpha value is -1.16. The lowest BCUT2D eigenvalue weighted by Crippen LogP contribution is -2.37. The van der Waals surface area contributed by atoms with E-state index in [9.17, 15) is 4.79 Å². The molecule has 4 heteroatoms. The molecule has 0 atom stereocenters. The quantitative estimate of drug-likeness (QED) is 0.612. The summed E-state index contributed by atoms with van der Waals surface area (Å²) in [7, 11) is 2.03. The number of nitrogens with zero attached hydrogens (tertiary/aromatic N) is 3. The van der Waals surface area contributed by atoms with Gasteiger partial charge in [-0.3, -0.25) is 14.3 Å². The van der Waals surface area contributed by atoms with Gasteiger partial charge in [0.25, 0.3) is 5.56 Å². The van der Waals surface area contributed by atoms with Crippen molar-refractivity contribution >= 4 is 0 Å². The third-order valence-electron chi connectivity index (χ3n) is 2.13. The number of likely N-dealkylation sites (N-methyl/N-ethyl adjacent to an activating group) is 1. The number of hydrogen-bond acceptors (Lipinski definition) is 3. The summed E-state index contributed by atoms with van der Waals surface area (Å²) in [5.74, 6) is 0.872. The van der Waals surface area contributed by atoms with Gasteiger partial charge in [-0.25, -0.2) is 4.98 Å². The molecule has 0 aromatic carbocycles. The smallest absolute Gasteiger partial charge is 0.253 e. The van der Waals surface area contributed by atoms with Crippen molar-refractivity contribution in [2.24, 2.45) is 0 Å². The summed E-state index contributed by atoms with van der Waals surface area (Å²) >= 11 is 0. The molecule has 0 amide bonds. The zero-order valence-corrected chi connectivity index (χ0v) is 9.03. The third kappa shape index (κ3) is 2.20. The van der Waals surface area contributed by atoms with Crippen LogP contribution < -0.4 is 5.56 Å². The van der Waals surface area contributed by atoms with Crippen molar-refractivity contribution in [3.63, 3.8) is 0 Å². The predicted molar refractivity (Wildman–Crippen MR) is 56.2 cm³/mol. The molecule has 14 heavy (non-hydrogen) atoms. The van der Waals surface area contributed by atoms with Crippen LogP contribution in [0.15, 0.2) is 17.1 Å². The number of aromatic nitrogens is 2. The van der Waals surface area contributed by atoms with E-state index < -0.39 is 0 Å². The first-order chi connectivity index (χ1) is 6.77. The van der Waals surface area contributed by atoms with Gasteiger partial charge >= 0.3 is 0 Å². The van der Waals surface area contributed by atoms with Crippen LogP contribution in [0.25, 0.3) is 0 Å². The number of fused-ring (bicyclic) bond motifs is 1. The average Bonchev–Trinajstić information content (AvgIpc) is 2.21. The second-order valence-electron chi connectivity index (χ2n) is 3.09. The highest BCUT2D eigenvalue weighted by Crippen LogP contribution is 2.03. The standard InChI is InChI=1S/C8H11N3O.C2H6/c1-10-4-5-11-7(6-10)9-3-2-8(11)12;1-2/h2-3H,4-6H2,1H3;1-2H3. The molecule has 0 radical (unpaired) electrons. The van der Waals surface area contributed by atoms with Crippen LogP contribution in [0.1, 0.15) is 19.7 Å². The molecular weight excluding hydrogens is 178 g/mol. The van der Waals surface area contributed by atoms with Crippen molar-refractivity contribution in [1.82, 2.24) is 14.5 Å². The van der Waals surface area contributed by atoms with Crippen molar-refractivity contribution in [2.75, 3.05) is 13.6 Å². The SMILES string of the molecule is CC.CN1CCn2c(nccc2=O)C1. The van der Waals surface area contributed by atoms with Gasteiger partial charge in [-0.05, 0) is 7.05 Å². The summed E-state index contributed by atoms with van der Waals surface area (Å²) < 4.78 is 1.74. The normalized spacial score (nSPS) is 15.4. The zero-order valence-electron chi connectivity index (χ0n) is 9.03. The van der Waals surface area contributed by atoms with Crippen molar-refractivity contribution in [1.29, 1.82) is 0 Å². The minimum Gasteiger partial charge on any atom is -0.297 e. The molecule has 1 aromatic rings. The Kier molecular flexibility index (Phi) is 3.83. The maximum atomic E-state index is 11.3. The van der Waals surface area contributed by atoms with E-state index in [-0.39, 0.29) is 5.56 Å². The monoisotopic (exact) mass is 195 g/mol. The Morgan fingerprint density at radius 3 is 2.79 bits per heavy atom. The van der Waals surface area contributed by atoms with Gasteiger partial charge in [0, 0.05) is 25.4 Å². The number of hydrogen-bond donors (Lipinski definition) is 0. The van der Waals surface area contributed by atoms with Gasteiger partial charge in [-0.15, -0.1) is 0 Å². The molecule has 1 aliphatic rings. The summed E-state index contributed by atoms with van der Waals surface area (Å²) in [5.41, 5.74) is 0.0631. The fraction of sp³-hybridized carbons (Fsp3) is 0.600. The first-order valence-electron chi connectivity index (χ1n) is 5.00. The highest BCUT2D eigenvalue weighted by atomic mass is 16.1. The maximum absolute atomic E-state index is 11.3. The Bertz CT molecular complexity index is 345. The summed E-state index contributed by atoms with van der Waals surface area (Å²) in [6, 6.07) is 1.51. The Morgan fingerprint density at radius 2 is 2.07 bits per heavy atom. The Morgan fingerprint density at radius 1 is 1.36 bits per heavy atom. The van der Waals surface area contributed by atoms with Crippen LogP contribution in [0.3, 0.4) is 0 Å². The minimum atomic E-state index is 0.0631. The van der Waals surface area contributed by atoms with Crippen molar-refractivity contribution in [3.05, 3.63) is 28.4 Å². The lowest BCUT2D eigenvalue weighted by Gasteiger charge is -2.24. The van der Waals surface area contributed by atoms with Crippen LogP contribution in [0.2, 0.25) is 0 Å². The van der Waals surface area contributed by atoms with E-state index in [0.717, 1.165) is 25.5 Å². The molecule has 0 N–H and O–H groups in total. The van der Waals surface area contributed by atoms with Gasteiger partial charge in [0.2, 0.25) is 0 Å². The van der Waals surface area contributed by atoms with Crippen LogP contribution in [0.5, 0.6) is 0 Å². The summed E-state index contributed by atoms with van der Waals surface area (Å²) in [6.07, 6.45) is 1.58. The van der Waals surface area contributed by atoms with Crippen molar-refractivity contribution in [2.45, 2.75) is 26.9 Å². The van der Waals surface area contributed by atoms with E-state index in [1.54, 1.807) is 10.8 Å². The molecule has 1 aliphatic heterocycles. The topological polar surface area (TPSA) is 38.1 Å². The van der Waals surface area contributed by atoms with E-state index in [1.165, 1.54) is 6.07 Å². The highest BCUT2D eigenvalue weighted by molar-refractivity contribution is 4.96. The van der Waals surface area contributed by atoms with E-state index >= 15 is 0 Å². The molecule has 78 valence electrons. The molecule has 2 heterocycles. The van der Waals surface area contributed by atoms with Gasteiger partial charge in [-0.2, -0.15) is 0 Å². The molecule has 0 saturated carbocycles. The van der Waals surface area contributed by atoms with Crippen LogP contribution in [0.4, 0.5) is 0 Å². The van der Waals surface area contributed by atoms with E-state index in [0.29, 0.717) is 0 Å². The second-order valence-corrected chi connectivity index (χ2v) is 3.09. The molecule has 0 spiro atoms. The molecule has 0 bridgehead atoms. The molecule has 0 saturated heterocycles. The first-order valence-corrected chi connectivity index (χ1v) is 5.00. The minimum absolute atomic E-state index is 0.0631. The van der Waals surface area contributed by atoms with Gasteiger partial charge in [0.15, 0.2) is 0 Å². The fourth-order valence-corrected chi connectivity index (χ4v) is 1.43. The van der Waals surface area contributed by atoms with Crippen molar-refractivity contribution in [3.8, 4) is 0 Å². The van der Waals surface area contributed by atoms with Crippen LogP contribution in [-0.4, -0.2) is 28.0 Å². The molecular formula is C10H17N3O. The third-order valence-corrected chi connectivity index (χ3v) is 2.13. The average molecular weight is 195 g/mol. The van der Waals surface area contributed by atoms with Gasteiger partial charge in [0.05, 0.1) is 6.54 Å². The summed E-state index contributed by atoms with van der Waals surface area (Å²) in [6.45, 7) is 6.47. The summed E-state index contributed by atoms with van der Waals surface area (Å²) in [5, 5.41) is 0. The zero-order chi connectivity index (χ0) is 10.6. The van der Waals surface area contributed by atoms with Crippen molar-refractivity contribution < 1.29 is 0 Å². The number of rotatable bonds is 0.